The lowest BCUT2D eigenvalue weighted by molar-refractivity contribution is 0.415. The molecule has 0 aliphatic carbocycles. The lowest BCUT2D eigenvalue weighted by atomic mass is 9.98. The van der Waals surface area contributed by atoms with Gasteiger partial charge in [0.25, 0.3) is 0 Å². The number of fused-ring (bicyclic) bond motifs is 3. The molecule has 5 rings (SSSR count). The second-order valence-electron chi connectivity index (χ2n) is 7.43. The Morgan fingerprint density at radius 2 is 1.52 bits per heavy atom. The van der Waals surface area contributed by atoms with Crippen LogP contribution < -0.4 is 4.74 Å². The van der Waals surface area contributed by atoms with Crippen LogP contribution in [0.2, 0.25) is 0 Å². The Hall–Kier alpha value is -3.64. The predicted molar refractivity (Wildman–Crippen MR) is 125 cm³/mol. The third kappa shape index (κ3) is 3.25. The highest BCUT2D eigenvalue weighted by Crippen LogP contribution is 2.37. The van der Waals surface area contributed by atoms with Gasteiger partial charge in [-0.05, 0) is 59.5 Å². The van der Waals surface area contributed by atoms with E-state index in [1.54, 1.807) is 13.3 Å². The van der Waals surface area contributed by atoms with E-state index >= 15 is 0 Å². The molecule has 0 aliphatic heterocycles. The second kappa shape index (κ2) is 7.56. The molecule has 0 fully saturated rings. The van der Waals surface area contributed by atoms with Gasteiger partial charge >= 0.3 is 0 Å². The van der Waals surface area contributed by atoms with Crippen molar-refractivity contribution in [2.45, 2.75) is 6.92 Å². The van der Waals surface area contributed by atoms with Crippen molar-refractivity contribution in [2.24, 2.45) is 0 Å². The van der Waals surface area contributed by atoms with Gasteiger partial charge in [-0.2, -0.15) is 0 Å². The van der Waals surface area contributed by atoms with Gasteiger partial charge in [0.15, 0.2) is 5.65 Å². The molecular weight excluding hydrogens is 408 g/mol. The first kappa shape index (κ1) is 19.3. The number of aryl methyl sites for hydroxylation is 1. The summed E-state index contributed by atoms with van der Waals surface area (Å²) in [6, 6.07) is 23.8. The number of hydrogen-bond acceptors (Lipinski definition) is 4. The van der Waals surface area contributed by atoms with Crippen molar-refractivity contribution in [2.75, 3.05) is 7.11 Å². The summed E-state index contributed by atoms with van der Waals surface area (Å²) in [6.45, 7) is 2.04. The van der Waals surface area contributed by atoms with Crippen LogP contribution in [-0.4, -0.2) is 24.5 Å². The standard InChI is InChI=1S/C25H20N2O3S/c1-16-3-5-18(6-4-16)21-13-14-26-25-24(21)22-15-19(9-12-23(22)27(25)31(28)29)17-7-10-20(30-2)11-8-17/h3-15,31H,1-2H3. The van der Waals surface area contributed by atoms with Gasteiger partial charge in [0.05, 0.1) is 12.6 Å². The van der Waals surface area contributed by atoms with Gasteiger partial charge in [0.1, 0.15) is 5.75 Å². The average molecular weight is 429 g/mol. The molecule has 0 aliphatic rings. The maximum absolute atomic E-state index is 12.2. The molecule has 0 radical (unpaired) electrons. The highest BCUT2D eigenvalue weighted by atomic mass is 32.2. The molecule has 5 nitrogen and oxygen atoms in total. The highest BCUT2D eigenvalue weighted by molar-refractivity contribution is 7.71. The molecule has 31 heavy (non-hydrogen) atoms. The molecule has 6 heteroatoms. The summed E-state index contributed by atoms with van der Waals surface area (Å²) in [5, 5.41) is 1.68. The molecular formula is C25H20N2O3S. The van der Waals surface area contributed by atoms with E-state index in [1.807, 2.05) is 55.5 Å². The minimum Gasteiger partial charge on any atom is -0.497 e. The van der Waals surface area contributed by atoms with E-state index < -0.39 is 10.9 Å². The van der Waals surface area contributed by atoms with Crippen molar-refractivity contribution in [1.82, 2.24) is 8.96 Å². The van der Waals surface area contributed by atoms with Crippen molar-refractivity contribution in [3.05, 3.63) is 84.6 Å². The maximum Gasteiger partial charge on any atom is 0.230 e. The molecule has 0 N–H and O–H groups in total. The number of hydrogen-bond donors (Lipinski definition) is 1. The van der Waals surface area contributed by atoms with Crippen LogP contribution >= 0.6 is 0 Å². The van der Waals surface area contributed by atoms with Gasteiger partial charge in [-0.1, -0.05) is 48.0 Å². The fourth-order valence-electron chi connectivity index (χ4n) is 4.01. The fraction of sp³-hybridized carbons (Fsp3) is 0.0800. The van der Waals surface area contributed by atoms with Gasteiger partial charge < -0.3 is 4.74 Å². The zero-order valence-corrected chi connectivity index (χ0v) is 18.0. The molecule has 0 atom stereocenters. The second-order valence-corrected chi connectivity index (χ2v) is 8.31. The van der Waals surface area contributed by atoms with E-state index in [1.165, 1.54) is 9.54 Å². The molecule has 0 spiro atoms. The smallest absolute Gasteiger partial charge is 0.230 e. The van der Waals surface area contributed by atoms with Gasteiger partial charge in [-0.3, -0.25) is 0 Å². The van der Waals surface area contributed by atoms with E-state index in [-0.39, 0.29) is 0 Å². The van der Waals surface area contributed by atoms with Crippen molar-refractivity contribution < 1.29 is 13.2 Å². The normalized spacial score (nSPS) is 11.5. The third-order valence-corrected chi connectivity index (χ3v) is 6.31. The lowest BCUT2D eigenvalue weighted by Crippen LogP contribution is -1.96. The summed E-state index contributed by atoms with van der Waals surface area (Å²) in [5.41, 5.74) is 6.22. The van der Waals surface area contributed by atoms with Crippen molar-refractivity contribution >= 4 is 32.8 Å². The summed E-state index contributed by atoms with van der Waals surface area (Å²) in [6.07, 6.45) is 1.66. The zero-order chi connectivity index (χ0) is 21.5. The van der Waals surface area contributed by atoms with Crippen LogP contribution in [0.1, 0.15) is 5.56 Å². The Morgan fingerprint density at radius 1 is 0.839 bits per heavy atom. The number of ether oxygens (including phenoxy) is 1. The van der Waals surface area contributed by atoms with Gasteiger partial charge in [-0.15, -0.1) is 0 Å². The number of benzene rings is 3. The zero-order valence-electron chi connectivity index (χ0n) is 17.1. The predicted octanol–water partition coefficient (Wildman–Crippen LogP) is 5.22. The molecule has 3 aromatic carbocycles. The molecule has 0 amide bonds. The first-order valence-corrected chi connectivity index (χ1v) is 11.0. The monoisotopic (exact) mass is 428 g/mol. The van der Waals surface area contributed by atoms with E-state index in [2.05, 4.69) is 29.2 Å². The van der Waals surface area contributed by atoms with Crippen LogP contribution in [0.15, 0.2) is 79.0 Å². The van der Waals surface area contributed by atoms with Crippen molar-refractivity contribution in [1.29, 1.82) is 0 Å². The molecule has 0 saturated heterocycles. The largest absolute Gasteiger partial charge is 0.497 e. The number of rotatable bonds is 4. The van der Waals surface area contributed by atoms with Gasteiger partial charge in [0.2, 0.25) is 10.9 Å². The van der Waals surface area contributed by atoms with Crippen molar-refractivity contribution in [3.63, 3.8) is 0 Å². The Labute approximate surface area is 181 Å². The Bertz CT molecular complexity index is 1490. The van der Waals surface area contributed by atoms with Crippen molar-refractivity contribution in [3.8, 4) is 28.0 Å². The number of aromatic nitrogens is 2. The van der Waals surface area contributed by atoms with Gasteiger partial charge in [0, 0.05) is 17.0 Å². The third-order valence-electron chi connectivity index (χ3n) is 5.57. The first-order valence-electron chi connectivity index (χ1n) is 9.86. The molecule has 154 valence electrons. The first-order chi connectivity index (χ1) is 15.1. The number of nitrogens with zero attached hydrogens (tertiary/aromatic N) is 2. The van der Waals surface area contributed by atoms with Crippen LogP contribution in [0.5, 0.6) is 5.75 Å². The number of methoxy groups -OCH3 is 1. The highest BCUT2D eigenvalue weighted by Gasteiger charge is 2.18. The van der Waals surface area contributed by atoms with Gasteiger partial charge in [-0.25, -0.2) is 17.4 Å². The minimum absolute atomic E-state index is 0.441. The summed E-state index contributed by atoms with van der Waals surface area (Å²) in [4.78, 5) is 4.43. The van der Waals surface area contributed by atoms with E-state index in [9.17, 15) is 8.42 Å². The SMILES string of the molecule is COc1ccc(-c2ccc3c(c2)c2c(-c4ccc(C)cc4)ccnc2n3[SH](=O)=O)cc1. The minimum atomic E-state index is -2.88. The molecule has 5 aromatic rings. The molecule has 0 bridgehead atoms. The molecule has 0 unspecified atom stereocenters. The Morgan fingerprint density at radius 3 is 2.19 bits per heavy atom. The van der Waals surface area contributed by atoms with Crippen LogP contribution in [0.3, 0.4) is 0 Å². The van der Waals surface area contributed by atoms with E-state index in [0.29, 0.717) is 11.2 Å². The summed E-state index contributed by atoms with van der Waals surface area (Å²) < 4.78 is 30.9. The van der Waals surface area contributed by atoms with E-state index in [4.69, 9.17) is 4.74 Å². The maximum atomic E-state index is 12.2. The van der Waals surface area contributed by atoms with Crippen LogP contribution in [0.25, 0.3) is 44.2 Å². The molecule has 2 aromatic heterocycles. The quantitative estimate of drug-likeness (QED) is 0.399. The number of pyridine rings is 1. The molecule has 2 heterocycles. The summed E-state index contributed by atoms with van der Waals surface area (Å²) in [7, 11) is -1.24. The van der Waals surface area contributed by atoms with E-state index in [0.717, 1.165) is 38.8 Å². The van der Waals surface area contributed by atoms with Crippen LogP contribution in [0, 0.1) is 6.92 Å². The number of thiol groups is 1. The Kier molecular flexibility index (Phi) is 4.71. The molecule has 0 saturated carbocycles. The lowest BCUT2D eigenvalue weighted by Gasteiger charge is -2.06. The van der Waals surface area contributed by atoms with Crippen LogP contribution in [0.4, 0.5) is 0 Å². The average Bonchev–Trinajstić information content (AvgIpc) is 3.14. The van der Waals surface area contributed by atoms with Crippen LogP contribution in [-0.2, 0) is 10.9 Å². The summed E-state index contributed by atoms with van der Waals surface area (Å²) in [5.74, 6) is 0.788. The Balaban J connectivity index is 1.83. The fourth-order valence-corrected chi connectivity index (χ4v) is 4.67. The topological polar surface area (TPSA) is 61.2 Å². The summed E-state index contributed by atoms with van der Waals surface area (Å²) >= 11 is 0.